The highest BCUT2D eigenvalue weighted by atomic mass is 32.2. The van der Waals surface area contributed by atoms with Gasteiger partial charge < -0.3 is 24.4 Å². The molecule has 2 aliphatic carbocycles. The van der Waals surface area contributed by atoms with Crippen LogP contribution in [-0.2, 0) is 33.8 Å². The number of ketones is 1. The molecule has 2 saturated carbocycles. The molecule has 1 saturated heterocycles. The van der Waals surface area contributed by atoms with Gasteiger partial charge in [-0.05, 0) is 68.2 Å². The second-order valence-electron chi connectivity index (χ2n) is 14.8. The van der Waals surface area contributed by atoms with Gasteiger partial charge in [0.25, 0.3) is 0 Å². The van der Waals surface area contributed by atoms with Gasteiger partial charge in [-0.2, -0.15) is 0 Å². The maximum absolute atomic E-state index is 14.4. The van der Waals surface area contributed by atoms with Crippen molar-refractivity contribution in [1.82, 2.24) is 15.2 Å². The Kier molecular flexibility index (Phi) is 10.2. The number of nitrogens with zero attached hydrogens (tertiary/aromatic N) is 2. The molecule has 0 bridgehead atoms. The molecule has 13 heteroatoms. The Morgan fingerprint density at radius 2 is 1.88 bits per heavy atom. The van der Waals surface area contributed by atoms with Crippen molar-refractivity contribution in [3.05, 3.63) is 43.1 Å². The summed E-state index contributed by atoms with van der Waals surface area (Å²) < 4.78 is 42.6. The molecule has 2 heterocycles. The van der Waals surface area contributed by atoms with Crippen molar-refractivity contribution >= 4 is 44.2 Å². The van der Waals surface area contributed by atoms with Crippen molar-refractivity contribution in [3.8, 4) is 11.6 Å². The average molecular weight is 698 g/mol. The molecule has 2 amide bonds. The zero-order valence-electron chi connectivity index (χ0n) is 29.1. The topological polar surface area (TPSA) is 158 Å². The van der Waals surface area contributed by atoms with Crippen molar-refractivity contribution in [2.75, 3.05) is 19.4 Å². The zero-order valence-corrected chi connectivity index (χ0v) is 29.9. The van der Waals surface area contributed by atoms with E-state index in [9.17, 15) is 27.6 Å². The highest BCUT2D eigenvalue weighted by Gasteiger charge is 2.61. The number of carbonyl (C=O) groups excluding carboxylic acids is 4. The normalized spacial score (nSPS) is 24.3. The van der Waals surface area contributed by atoms with Gasteiger partial charge in [0.15, 0.2) is 15.6 Å². The Bertz CT molecular complexity index is 1750. The number of pyridine rings is 1. The van der Waals surface area contributed by atoms with E-state index in [2.05, 4.69) is 16.9 Å². The van der Waals surface area contributed by atoms with Crippen LogP contribution in [-0.4, -0.2) is 90.3 Å². The van der Waals surface area contributed by atoms with Crippen molar-refractivity contribution in [2.24, 2.45) is 17.3 Å². The molecule has 0 unspecified atom stereocenters. The standard InChI is InChI=1S/C36H47N3O9S/c1-8-23-18-36(23,30(40)20-49(44,45)26-10-11-26)38-32(42)29-16-25(48-33-27-12-9-24(46-7)15-22(27)13-14-37-33)19-39(29)34(43)28(35(4,5)6)17-31(41)47-21(2)3/h8-9,12-15,21,23,25-26,28-29H,1,10-11,16-20H2,2-7H3,(H,38,42)/t23-,25-,28-,29+,36-/m1/s1. The number of Topliss-reactive ketones (excluding diaryl/α,β-unsaturated/α-hetero) is 1. The van der Waals surface area contributed by atoms with Gasteiger partial charge in [0, 0.05) is 23.9 Å². The summed E-state index contributed by atoms with van der Waals surface area (Å²) in [5, 5.41) is 3.87. The van der Waals surface area contributed by atoms with E-state index in [1.807, 2.05) is 39.0 Å². The van der Waals surface area contributed by atoms with E-state index < -0.39 is 79.3 Å². The number of likely N-dealkylation sites (tertiary alicyclic amines) is 1. The predicted molar refractivity (Wildman–Crippen MR) is 183 cm³/mol. The van der Waals surface area contributed by atoms with Gasteiger partial charge in [-0.15, -0.1) is 6.58 Å². The minimum atomic E-state index is -3.63. The molecular formula is C36H47N3O9S. The van der Waals surface area contributed by atoms with E-state index >= 15 is 0 Å². The first-order valence-electron chi connectivity index (χ1n) is 16.8. The molecule has 49 heavy (non-hydrogen) atoms. The van der Waals surface area contributed by atoms with Crippen LogP contribution in [0.4, 0.5) is 0 Å². The summed E-state index contributed by atoms with van der Waals surface area (Å²) in [6.07, 6.45) is 3.26. The number of hydrogen-bond donors (Lipinski definition) is 1. The number of ether oxygens (including phenoxy) is 3. The molecule has 1 aromatic carbocycles. The highest BCUT2D eigenvalue weighted by molar-refractivity contribution is 7.93. The Morgan fingerprint density at radius 3 is 2.47 bits per heavy atom. The van der Waals surface area contributed by atoms with Gasteiger partial charge in [0.1, 0.15) is 29.2 Å². The first-order chi connectivity index (χ1) is 23.0. The molecule has 266 valence electrons. The molecule has 1 N–H and O–H groups in total. The van der Waals surface area contributed by atoms with Crippen LogP contribution in [0.25, 0.3) is 10.8 Å². The largest absolute Gasteiger partial charge is 0.497 e. The third-order valence-electron chi connectivity index (χ3n) is 9.65. The number of rotatable bonds is 14. The van der Waals surface area contributed by atoms with Crippen LogP contribution in [0.5, 0.6) is 11.6 Å². The smallest absolute Gasteiger partial charge is 0.306 e. The van der Waals surface area contributed by atoms with Gasteiger partial charge in [-0.1, -0.05) is 26.8 Å². The van der Waals surface area contributed by atoms with Crippen LogP contribution in [0, 0.1) is 17.3 Å². The molecule has 5 atom stereocenters. The highest BCUT2D eigenvalue weighted by Crippen LogP contribution is 2.46. The summed E-state index contributed by atoms with van der Waals surface area (Å²) in [6, 6.07) is 6.20. The fraction of sp³-hybridized carbons (Fsp3) is 0.583. The number of carbonyl (C=O) groups is 4. The van der Waals surface area contributed by atoms with Crippen LogP contribution >= 0.6 is 0 Å². The quantitative estimate of drug-likeness (QED) is 0.227. The van der Waals surface area contributed by atoms with Gasteiger partial charge in [0.2, 0.25) is 17.7 Å². The van der Waals surface area contributed by atoms with Gasteiger partial charge in [-0.25, -0.2) is 13.4 Å². The van der Waals surface area contributed by atoms with Crippen molar-refractivity contribution in [1.29, 1.82) is 0 Å². The summed E-state index contributed by atoms with van der Waals surface area (Å²) in [5.74, 6) is -3.11. The number of esters is 1. The fourth-order valence-corrected chi connectivity index (χ4v) is 8.30. The molecule has 3 fully saturated rings. The Balaban J connectivity index is 1.44. The lowest BCUT2D eigenvalue weighted by Gasteiger charge is -2.35. The van der Waals surface area contributed by atoms with Crippen LogP contribution in [0.2, 0.25) is 0 Å². The monoisotopic (exact) mass is 697 g/mol. The third kappa shape index (κ3) is 7.92. The summed E-state index contributed by atoms with van der Waals surface area (Å²) in [7, 11) is -2.06. The lowest BCUT2D eigenvalue weighted by molar-refractivity contribution is -0.155. The molecule has 0 radical (unpaired) electrons. The average Bonchev–Trinajstić information content (AvgIpc) is 3.95. The van der Waals surface area contributed by atoms with Crippen LogP contribution in [0.1, 0.15) is 66.7 Å². The number of benzene rings is 1. The molecule has 2 aromatic rings. The number of sulfone groups is 1. The number of methoxy groups -OCH3 is 1. The Labute approximate surface area is 287 Å². The minimum Gasteiger partial charge on any atom is -0.497 e. The van der Waals surface area contributed by atoms with Crippen LogP contribution in [0.15, 0.2) is 43.1 Å². The molecule has 12 nitrogen and oxygen atoms in total. The van der Waals surface area contributed by atoms with E-state index in [1.165, 1.54) is 4.90 Å². The maximum atomic E-state index is 14.4. The van der Waals surface area contributed by atoms with Gasteiger partial charge in [0.05, 0.1) is 37.3 Å². The first kappa shape index (κ1) is 36.3. The summed E-state index contributed by atoms with van der Waals surface area (Å²) >= 11 is 0. The second-order valence-corrected chi connectivity index (χ2v) is 17.1. The SMILES string of the molecule is C=C[C@@H]1C[C@]1(NC(=O)[C@@H]1C[C@@H](Oc2nccc3cc(OC)ccc23)CN1C(=O)[C@@H](CC(=O)OC(C)C)C(C)(C)C)C(=O)CS(=O)(=O)C1CC1. The number of aromatic nitrogens is 1. The summed E-state index contributed by atoms with van der Waals surface area (Å²) in [5.41, 5.74) is -2.10. The molecule has 5 rings (SSSR count). The molecular weight excluding hydrogens is 650 g/mol. The van der Waals surface area contributed by atoms with Crippen molar-refractivity contribution < 1.29 is 41.8 Å². The van der Waals surface area contributed by atoms with Gasteiger partial charge >= 0.3 is 5.97 Å². The molecule has 0 spiro atoms. The summed E-state index contributed by atoms with van der Waals surface area (Å²) in [4.78, 5) is 60.8. The molecule has 1 aliphatic heterocycles. The third-order valence-corrected chi connectivity index (χ3v) is 11.8. The van der Waals surface area contributed by atoms with E-state index in [0.29, 0.717) is 29.9 Å². The number of amides is 2. The van der Waals surface area contributed by atoms with Crippen molar-refractivity contribution in [3.63, 3.8) is 0 Å². The second kappa shape index (κ2) is 13.7. The maximum Gasteiger partial charge on any atom is 0.306 e. The minimum absolute atomic E-state index is 0.0127. The lowest BCUT2D eigenvalue weighted by atomic mass is 9.77. The van der Waals surface area contributed by atoms with E-state index in [0.717, 1.165) is 5.39 Å². The number of hydrogen-bond acceptors (Lipinski definition) is 10. The van der Waals surface area contributed by atoms with Crippen molar-refractivity contribution in [2.45, 2.75) is 95.8 Å². The molecule has 3 aliphatic rings. The van der Waals surface area contributed by atoms with E-state index in [-0.39, 0.29) is 31.9 Å². The van der Waals surface area contributed by atoms with Crippen LogP contribution < -0.4 is 14.8 Å². The zero-order chi connectivity index (χ0) is 35.9. The van der Waals surface area contributed by atoms with E-state index in [4.69, 9.17) is 14.2 Å². The lowest BCUT2D eigenvalue weighted by Crippen LogP contribution is -2.55. The summed E-state index contributed by atoms with van der Waals surface area (Å²) in [6.45, 7) is 12.8. The van der Waals surface area contributed by atoms with Gasteiger partial charge in [-0.3, -0.25) is 19.2 Å². The predicted octanol–water partition coefficient (Wildman–Crippen LogP) is 3.80. The Hall–Kier alpha value is -4.00. The Morgan fingerprint density at radius 1 is 1.16 bits per heavy atom. The number of nitrogens with one attached hydrogen (secondary N) is 1. The fourth-order valence-electron chi connectivity index (χ4n) is 6.59. The molecule has 1 aromatic heterocycles. The van der Waals surface area contributed by atoms with E-state index in [1.54, 1.807) is 39.3 Å². The van der Waals surface area contributed by atoms with Crippen LogP contribution in [0.3, 0.4) is 0 Å². The number of fused-ring (bicyclic) bond motifs is 1. The first-order valence-corrected chi connectivity index (χ1v) is 18.5.